The van der Waals surface area contributed by atoms with Crippen LogP contribution in [0.2, 0.25) is 0 Å². The van der Waals surface area contributed by atoms with Gasteiger partial charge in [0.1, 0.15) is 24.0 Å². The number of aromatic nitrogens is 2. The lowest BCUT2D eigenvalue weighted by atomic mass is 10.0. The topological polar surface area (TPSA) is 65.8 Å². The summed E-state index contributed by atoms with van der Waals surface area (Å²) in [5.41, 5.74) is 4.42. The second kappa shape index (κ2) is 8.60. The first-order valence-corrected chi connectivity index (χ1v) is 11.7. The molecular weight excluding hydrogens is 442 g/mol. The number of pyridine rings is 1. The van der Waals surface area contributed by atoms with Crippen LogP contribution in [0.25, 0.3) is 17.0 Å². The zero-order chi connectivity index (χ0) is 23.9. The Balaban J connectivity index is 1.34. The Morgan fingerprint density at radius 3 is 2.89 bits per heavy atom. The molecule has 0 radical (unpaired) electrons. The summed E-state index contributed by atoms with van der Waals surface area (Å²) in [4.78, 5) is 19.9. The fraction of sp³-hybridized carbons (Fsp3) is 0.214. The van der Waals surface area contributed by atoms with Crippen molar-refractivity contribution in [3.05, 3.63) is 89.1 Å². The van der Waals surface area contributed by atoms with Crippen molar-refractivity contribution >= 4 is 22.8 Å². The SMILES string of the molecule is CCn1cc(/C=C2\Oc3c(ccc4c3CN(Cc3ccccn3)CO4)C2=O)c2cc(OC)ccc21. The van der Waals surface area contributed by atoms with E-state index in [1.165, 1.54) is 0 Å². The lowest BCUT2D eigenvalue weighted by Crippen LogP contribution is -2.32. The smallest absolute Gasteiger partial charge is 0.231 e. The van der Waals surface area contributed by atoms with Gasteiger partial charge in [0.05, 0.1) is 23.9 Å². The molecule has 4 heterocycles. The minimum Gasteiger partial charge on any atom is -0.497 e. The predicted octanol–water partition coefficient (Wildman–Crippen LogP) is 5.03. The molecule has 2 aliphatic heterocycles. The van der Waals surface area contributed by atoms with Gasteiger partial charge in [0.15, 0.2) is 5.76 Å². The van der Waals surface area contributed by atoms with E-state index in [-0.39, 0.29) is 5.78 Å². The number of aryl methyl sites for hydroxylation is 1. The minimum absolute atomic E-state index is 0.120. The van der Waals surface area contributed by atoms with E-state index in [1.807, 2.05) is 54.7 Å². The zero-order valence-corrected chi connectivity index (χ0v) is 19.7. The van der Waals surface area contributed by atoms with Crippen molar-refractivity contribution in [2.45, 2.75) is 26.6 Å². The molecule has 2 aromatic heterocycles. The molecule has 4 aromatic rings. The van der Waals surface area contributed by atoms with E-state index in [2.05, 4.69) is 21.4 Å². The first-order valence-electron chi connectivity index (χ1n) is 11.7. The van der Waals surface area contributed by atoms with Gasteiger partial charge in [-0.25, -0.2) is 0 Å². The van der Waals surface area contributed by atoms with Crippen LogP contribution in [-0.2, 0) is 19.6 Å². The summed E-state index contributed by atoms with van der Waals surface area (Å²) < 4.78 is 19.8. The quantitative estimate of drug-likeness (QED) is 0.384. The van der Waals surface area contributed by atoms with Gasteiger partial charge in [-0.15, -0.1) is 0 Å². The zero-order valence-electron chi connectivity index (χ0n) is 19.7. The number of rotatable bonds is 5. The van der Waals surface area contributed by atoms with Gasteiger partial charge in [-0.2, -0.15) is 0 Å². The lowest BCUT2D eigenvalue weighted by Gasteiger charge is -2.29. The number of allylic oxidation sites excluding steroid dienone is 1. The summed E-state index contributed by atoms with van der Waals surface area (Å²) in [6.45, 7) is 4.63. The summed E-state index contributed by atoms with van der Waals surface area (Å²) in [6, 6.07) is 15.5. The van der Waals surface area contributed by atoms with Crippen LogP contribution in [0.3, 0.4) is 0 Å². The number of carbonyl (C=O) groups is 1. The molecule has 2 aromatic carbocycles. The Hall–Kier alpha value is -4.10. The summed E-state index contributed by atoms with van der Waals surface area (Å²) >= 11 is 0. The summed E-state index contributed by atoms with van der Waals surface area (Å²) in [6.07, 6.45) is 5.66. The molecule has 0 bridgehead atoms. The first-order chi connectivity index (χ1) is 17.1. The van der Waals surface area contributed by atoms with Gasteiger partial charge in [-0.1, -0.05) is 6.07 Å². The second-order valence-corrected chi connectivity index (χ2v) is 8.69. The summed E-state index contributed by atoms with van der Waals surface area (Å²) in [7, 11) is 1.65. The van der Waals surface area contributed by atoms with Crippen LogP contribution in [-0.4, -0.2) is 34.1 Å². The van der Waals surface area contributed by atoms with Crippen molar-refractivity contribution in [1.82, 2.24) is 14.5 Å². The first kappa shape index (κ1) is 21.4. The third kappa shape index (κ3) is 3.74. The van der Waals surface area contributed by atoms with Crippen molar-refractivity contribution in [2.24, 2.45) is 0 Å². The van der Waals surface area contributed by atoms with Crippen molar-refractivity contribution in [1.29, 1.82) is 0 Å². The highest BCUT2D eigenvalue weighted by Gasteiger charge is 2.34. The van der Waals surface area contributed by atoms with E-state index in [9.17, 15) is 4.79 Å². The van der Waals surface area contributed by atoms with Gasteiger partial charge in [-0.05, 0) is 55.5 Å². The molecule has 0 aliphatic carbocycles. The molecule has 0 atom stereocenters. The molecule has 0 N–H and O–H groups in total. The van der Waals surface area contributed by atoms with Crippen molar-refractivity contribution < 1.29 is 19.0 Å². The van der Waals surface area contributed by atoms with Crippen LogP contribution in [0.15, 0.2) is 66.7 Å². The van der Waals surface area contributed by atoms with Crippen LogP contribution in [0.5, 0.6) is 17.2 Å². The number of hydrogen-bond acceptors (Lipinski definition) is 6. The molecule has 0 unspecified atom stereocenters. The van der Waals surface area contributed by atoms with Crippen LogP contribution in [0.1, 0.15) is 34.1 Å². The number of nitrogens with zero attached hydrogens (tertiary/aromatic N) is 3. The van der Waals surface area contributed by atoms with Crippen molar-refractivity contribution in [2.75, 3.05) is 13.8 Å². The monoisotopic (exact) mass is 467 g/mol. The highest BCUT2D eigenvalue weighted by molar-refractivity contribution is 6.15. The van der Waals surface area contributed by atoms with Crippen molar-refractivity contribution in [3.8, 4) is 17.2 Å². The van der Waals surface area contributed by atoms with E-state index in [0.29, 0.717) is 36.9 Å². The standard InChI is InChI=1S/C28H25N3O4/c1-3-31-14-18(22-13-20(33-2)7-9-24(22)31)12-26-27(32)21-8-10-25-23(28(21)35-26)16-30(17-34-25)15-19-6-4-5-11-29-19/h4-14H,3,15-17H2,1-2H3/b26-12-. The normalized spacial score (nSPS) is 16.2. The van der Waals surface area contributed by atoms with Crippen molar-refractivity contribution in [3.63, 3.8) is 0 Å². The second-order valence-electron chi connectivity index (χ2n) is 8.69. The Morgan fingerprint density at radius 2 is 2.09 bits per heavy atom. The van der Waals surface area contributed by atoms with E-state index >= 15 is 0 Å². The number of hydrogen-bond donors (Lipinski definition) is 0. The molecule has 0 spiro atoms. The number of fused-ring (bicyclic) bond motifs is 4. The maximum atomic E-state index is 13.3. The van der Waals surface area contributed by atoms with E-state index < -0.39 is 0 Å². The molecule has 7 heteroatoms. The fourth-order valence-corrected chi connectivity index (χ4v) is 4.78. The van der Waals surface area contributed by atoms with Gasteiger partial charge in [0, 0.05) is 48.5 Å². The average molecular weight is 468 g/mol. The van der Waals surface area contributed by atoms with Gasteiger partial charge in [0.2, 0.25) is 5.78 Å². The number of carbonyl (C=O) groups excluding carboxylic acids is 1. The molecule has 0 fully saturated rings. The van der Waals surface area contributed by atoms with Gasteiger partial charge < -0.3 is 18.8 Å². The van der Waals surface area contributed by atoms with Crippen LogP contribution < -0.4 is 14.2 Å². The summed E-state index contributed by atoms with van der Waals surface area (Å²) in [5, 5.41) is 1.01. The number of ketones is 1. The Kier molecular flexibility index (Phi) is 5.26. The Morgan fingerprint density at radius 1 is 1.17 bits per heavy atom. The molecule has 0 saturated carbocycles. The highest BCUT2D eigenvalue weighted by Crippen LogP contribution is 2.42. The lowest BCUT2D eigenvalue weighted by molar-refractivity contribution is 0.0861. The van der Waals surface area contributed by atoms with E-state index in [0.717, 1.165) is 45.8 Å². The highest BCUT2D eigenvalue weighted by atomic mass is 16.5. The maximum Gasteiger partial charge on any atom is 0.231 e. The van der Waals surface area contributed by atoms with Gasteiger partial charge >= 0.3 is 0 Å². The van der Waals surface area contributed by atoms with Crippen LogP contribution >= 0.6 is 0 Å². The summed E-state index contributed by atoms with van der Waals surface area (Å²) in [5.74, 6) is 2.30. The Bertz CT molecular complexity index is 1470. The number of ether oxygens (including phenoxy) is 3. The third-order valence-electron chi connectivity index (χ3n) is 6.54. The van der Waals surface area contributed by atoms with Gasteiger partial charge in [-0.3, -0.25) is 14.7 Å². The molecule has 0 saturated heterocycles. The Labute approximate surface area is 203 Å². The molecule has 176 valence electrons. The van der Waals surface area contributed by atoms with Gasteiger partial charge in [0.25, 0.3) is 0 Å². The average Bonchev–Trinajstić information content (AvgIpc) is 3.41. The largest absolute Gasteiger partial charge is 0.497 e. The minimum atomic E-state index is -0.120. The van der Waals surface area contributed by atoms with Crippen LogP contribution in [0.4, 0.5) is 0 Å². The molecular formula is C28H25N3O4. The molecule has 2 aliphatic rings. The molecule has 35 heavy (non-hydrogen) atoms. The van der Waals surface area contributed by atoms with Crippen LogP contribution in [0, 0.1) is 0 Å². The fourth-order valence-electron chi connectivity index (χ4n) is 4.78. The molecule has 0 amide bonds. The maximum absolute atomic E-state index is 13.3. The number of methoxy groups -OCH3 is 1. The number of benzene rings is 2. The molecule has 7 nitrogen and oxygen atoms in total. The van der Waals surface area contributed by atoms with E-state index in [4.69, 9.17) is 14.2 Å². The predicted molar refractivity (Wildman–Crippen MR) is 133 cm³/mol. The molecule has 6 rings (SSSR count). The third-order valence-corrected chi connectivity index (χ3v) is 6.54. The number of Topliss-reactive ketones (excluding diaryl/α,β-unsaturated/α-hetero) is 1. The van der Waals surface area contributed by atoms with E-state index in [1.54, 1.807) is 19.4 Å².